The summed E-state index contributed by atoms with van der Waals surface area (Å²) < 4.78 is 17.4. The second-order valence-corrected chi connectivity index (χ2v) is 10.2. The number of hydrogen-bond acceptors (Lipinski definition) is 6. The number of carbonyl (C=O) groups is 2. The van der Waals surface area contributed by atoms with Crippen LogP contribution < -0.4 is 9.47 Å². The van der Waals surface area contributed by atoms with Gasteiger partial charge in [0.2, 0.25) is 0 Å². The lowest BCUT2D eigenvalue weighted by Crippen LogP contribution is -2.46. The number of methoxy groups -OCH3 is 1. The summed E-state index contributed by atoms with van der Waals surface area (Å²) in [6, 6.07) is 7.91. The van der Waals surface area contributed by atoms with E-state index >= 15 is 0 Å². The fraction of sp³-hybridized carbons (Fsp3) is 0.429. The van der Waals surface area contributed by atoms with Gasteiger partial charge in [-0.05, 0) is 55.7 Å². The van der Waals surface area contributed by atoms with Crippen molar-refractivity contribution in [2.75, 3.05) is 33.4 Å². The second-order valence-electron chi connectivity index (χ2n) is 9.80. The molecule has 0 radical (unpaired) electrons. The Kier molecular flexibility index (Phi) is 7.05. The molecule has 1 spiro atoms. The first-order chi connectivity index (χ1) is 17.8. The lowest BCUT2D eigenvalue weighted by molar-refractivity contribution is -0.132. The van der Waals surface area contributed by atoms with E-state index in [1.807, 2.05) is 19.1 Å². The highest BCUT2D eigenvalue weighted by Gasteiger charge is 2.48. The average Bonchev–Trinajstić information content (AvgIpc) is 3.21. The van der Waals surface area contributed by atoms with Gasteiger partial charge < -0.3 is 19.3 Å². The topological polar surface area (TPSA) is 88.5 Å². The third-order valence-corrected chi connectivity index (χ3v) is 7.65. The van der Waals surface area contributed by atoms with E-state index in [2.05, 4.69) is 17.0 Å². The molecule has 2 fully saturated rings. The van der Waals surface area contributed by atoms with Gasteiger partial charge in [0.05, 0.1) is 20.3 Å². The molecule has 196 valence electrons. The van der Waals surface area contributed by atoms with Crippen molar-refractivity contribution in [3.05, 3.63) is 58.3 Å². The third kappa shape index (κ3) is 5.13. The van der Waals surface area contributed by atoms with Crippen LogP contribution in [0.1, 0.15) is 38.2 Å². The molecule has 3 aliphatic rings. The first-order valence-corrected chi connectivity index (χ1v) is 13.0. The van der Waals surface area contributed by atoms with Gasteiger partial charge in [0.1, 0.15) is 17.1 Å². The van der Waals surface area contributed by atoms with Crippen LogP contribution in [0.4, 0.5) is 4.79 Å². The Labute approximate surface area is 221 Å². The molecule has 1 amide bonds. The zero-order valence-corrected chi connectivity index (χ0v) is 21.8. The van der Waals surface area contributed by atoms with Crippen LogP contribution in [0.3, 0.4) is 0 Å². The zero-order valence-electron chi connectivity index (χ0n) is 21.1. The molecule has 0 aromatic heterocycles. The fourth-order valence-electron chi connectivity index (χ4n) is 5.46. The number of aliphatic carboxylic acids is 1. The zero-order chi connectivity index (χ0) is 26.2. The number of piperidine rings is 1. The summed E-state index contributed by atoms with van der Waals surface area (Å²) in [6.45, 7) is 5.34. The lowest BCUT2D eigenvalue weighted by atomic mass is 9.90. The van der Waals surface area contributed by atoms with Crippen LogP contribution in [-0.4, -0.2) is 65.9 Å². The fourth-order valence-corrected chi connectivity index (χ4v) is 5.67. The number of benzene rings is 2. The van der Waals surface area contributed by atoms with Gasteiger partial charge >= 0.3 is 12.1 Å². The van der Waals surface area contributed by atoms with Crippen molar-refractivity contribution in [2.45, 2.75) is 44.8 Å². The van der Waals surface area contributed by atoms with Crippen molar-refractivity contribution in [3.8, 4) is 11.5 Å². The van der Waals surface area contributed by atoms with E-state index in [0.717, 1.165) is 60.3 Å². The largest absolute Gasteiger partial charge is 0.496 e. The smallest absolute Gasteiger partial charge is 0.414 e. The molecular weight excluding hydrogens is 496 g/mol. The highest BCUT2D eigenvalue weighted by Crippen LogP contribution is 2.39. The second kappa shape index (κ2) is 10.3. The molecule has 8 nitrogen and oxygen atoms in total. The Morgan fingerprint density at radius 1 is 1.11 bits per heavy atom. The van der Waals surface area contributed by atoms with Crippen molar-refractivity contribution in [1.82, 2.24) is 9.80 Å². The highest BCUT2D eigenvalue weighted by molar-refractivity contribution is 6.31. The number of allylic oxidation sites excluding steroid dienone is 3. The number of rotatable bonds is 7. The molecule has 1 N–H and O–H groups in total. The van der Waals surface area contributed by atoms with Gasteiger partial charge in [-0.1, -0.05) is 17.7 Å². The molecule has 2 aliphatic heterocycles. The van der Waals surface area contributed by atoms with E-state index in [0.29, 0.717) is 42.3 Å². The molecule has 0 atom stereocenters. The van der Waals surface area contributed by atoms with Crippen LogP contribution in [0, 0.1) is 0 Å². The Bertz CT molecular complexity index is 1300. The Morgan fingerprint density at radius 2 is 1.86 bits per heavy atom. The summed E-state index contributed by atoms with van der Waals surface area (Å²) in [6.07, 6.45) is 5.40. The molecule has 0 unspecified atom stereocenters. The number of carboxylic acid groups (broad SMARTS) is 1. The predicted molar refractivity (Wildman–Crippen MR) is 140 cm³/mol. The Hall–Kier alpha value is -3.23. The van der Waals surface area contributed by atoms with Crippen molar-refractivity contribution < 1.29 is 28.9 Å². The number of hydrogen-bond donors (Lipinski definition) is 1. The number of halogens is 1. The molecule has 2 heterocycles. The normalized spacial score (nSPS) is 19.5. The highest BCUT2D eigenvalue weighted by atomic mass is 35.5. The molecule has 37 heavy (non-hydrogen) atoms. The number of fused-ring (bicyclic) bond motifs is 1. The van der Waals surface area contributed by atoms with Crippen LogP contribution in [0.2, 0.25) is 5.02 Å². The van der Waals surface area contributed by atoms with Gasteiger partial charge in [-0.15, -0.1) is 0 Å². The maximum Gasteiger partial charge on any atom is 0.414 e. The van der Waals surface area contributed by atoms with E-state index in [4.69, 9.17) is 25.8 Å². The molecule has 9 heteroatoms. The first kappa shape index (κ1) is 25.4. The summed E-state index contributed by atoms with van der Waals surface area (Å²) in [5, 5.41) is 11.7. The third-order valence-electron chi connectivity index (χ3n) is 7.43. The van der Waals surface area contributed by atoms with Crippen LogP contribution >= 0.6 is 11.6 Å². The van der Waals surface area contributed by atoms with Gasteiger partial charge in [0.25, 0.3) is 0 Å². The van der Waals surface area contributed by atoms with Gasteiger partial charge in [0, 0.05) is 59.5 Å². The van der Waals surface area contributed by atoms with Crippen LogP contribution in [0.15, 0.2) is 47.7 Å². The van der Waals surface area contributed by atoms with Gasteiger partial charge in [-0.25, -0.2) is 9.59 Å². The molecule has 5 rings (SSSR count). The number of nitrogens with zero attached hydrogens (tertiary/aromatic N) is 2. The lowest BCUT2D eigenvalue weighted by Gasteiger charge is -2.37. The summed E-state index contributed by atoms with van der Waals surface area (Å²) in [4.78, 5) is 27.9. The quantitative estimate of drug-likeness (QED) is 0.518. The molecule has 0 saturated carbocycles. The Balaban J connectivity index is 1.28. The van der Waals surface area contributed by atoms with Crippen LogP contribution in [0.5, 0.6) is 11.5 Å². The minimum absolute atomic E-state index is 0.339. The SMILES string of the molecule is CCOc1cc(CN2CCC3(CC2)CN(C2=CC=C(C(=O)O)CC2)C(=O)O3)cc2c(OC)cc(Cl)cc12. The number of carbonyl (C=O) groups excluding carboxylic acids is 1. The van der Waals surface area contributed by atoms with E-state index in [1.165, 1.54) is 0 Å². The molecule has 2 aromatic carbocycles. The standard InChI is InChI=1S/C28H31ClN2O6/c1-3-36-25-13-18(12-22-23(25)14-20(29)15-24(22)35-2)16-30-10-8-28(9-11-30)17-31(27(34)37-28)21-6-4-19(5-7-21)26(32)33/h4,6,12-15H,3,5,7-11,16-17H2,1-2H3,(H,32,33). The number of carboxylic acids is 1. The van der Waals surface area contributed by atoms with E-state index in [9.17, 15) is 14.7 Å². The van der Waals surface area contributed by atoms with Gasteiger partial charge in [0.15, 0.2) is 0 Å². The number of likely N-dealkylation sites (tertiary alicyclic amines) is 1. The average molecular weight is 527 g/mol. The first-order valence-electron chi connectivity index (χ1n) is 12.6. The molecule has 2 aromatic rings. The van der Waals surface area contributed by atoms with E-state index < -0.39 is 11.6 Å². The molecule has 2 saturated heterocycles. The molecule has 0 bridgehead atoms. The Morgan fingerprint density at radius 3 is 2.51 bits per heavy atom. The van der Waals surface area contributed by atoms with Gasteiger partial charge in [-0.3, -0.25) is 9.80 Å². The maximum absolute atomic E-state index is 12.7. The number of amides is 1. The van der Waals surface area contributed by atoms with Gasteiger partial charge in [-0.2, -0.15) is 0 Å². The summed E-state index contributed by atoms with van der Waals surface area (Å²) in [5.74, 6) is 0.582. The van der Waals surface area contributed by atoms with E-state index in [1.54, 1.807) is 24.2 Å². The summed E-state index contributed by atoms with van der Waals surface area (Å²) >= 11 is 6.31. The summed E-state index contributed by atoms with van der Waals surface area (Å²) in [5.41, 5.74) is 1.79. The monoisotopic (exact) mass is 526 g/mol. The predicted octanol–water partition coefficient (Wildman–Crippen LogP) is 5.38. The minimum atomic E-state index is -0.912. The van der Waals surface area contributed by atoms with Crippen molar-refractivity contribution >= 4 is 34.4 Å². The minimum Gasteiger partial charge on any atom is -0.496 e. The van der Waals surface area contributed by atoms with Crippen molar-refractivity contribution in [3.63, 3.8) is 0 Å². The van der Waals surface area contributed by atoms with E-state index in [-0.39, 0.29) is 6.09 Å². The molecule has 1 aliphatic carbocycles. The van der Waals surface area contributed by atoms with Crippen molar-refractivity contribution in [2.24, 2.45) is 0 Å². The number of ether oxygens (including phenoxy) is 3. The molecular formula is C28H31ClN2O6. The van der Waals surface area contributed by atoms with Crippen LogP contribution in [-0.2, 0) is 16.1 Å². The summed E-state index contributed by atoms with van der Waals surface area (Å²) in [7, 11) is 1.64. The van der Waals surface area contributed by atoms with Crippen molar-refractivity contribution in [1.29, 1.82) is 0 Å². The van der Waals surface area contributed by atoms with Crippen LogP contribution in [0.25, 0.3) is 10.8 Å². The maximum atomic E-state index is 12.7.